The molecule has 0 saturated carbocycles. The standard InChI is InChI=1S/C15H18BrN3O2/c1-4-18-10(2)7-12(11(18)3)9-17-15-6-5-13(19(20)21)8-14(15)16/h5-8,17H,4,9H2,1-3H3. The normalized spacial score (nSPS) is 10.7. The van der Waals surface area contributed by atoms with E-state index in [0.29, 0.717) is 11.0 Å². The molecule has 1 aromatic heterocycles. The molecular weight excluding hydrogens is 334 g/mol. The van der Waals surface area contributed by atoms with Gasteiger partial charge in [0, 0.05) is 46.8 Å². The fourth-order valence-electron chi connectivity index (χ4n) is 2.49. The summed E-state index contributed by atoms with van der Waals surface area (Å²) in [6.07, 6.45) is 0. The van der Waals surface area contributed by atoms with Crippen LogP contribution < -0.4 is 5.32 Å². The fraction of sp³-hybridized carbons (Fsp3) is 0.333. The Labute approximate surface area is 132 Å². The van der Waals surface area contributed by atoms with Crippen LogP contribution in [0.5, 0.6) is 0 Å². The molecule has 0 spiro atoms. The van der Waals surface area contributed by atoms with Crippen LogP contribution in [0.25, 0.3) is 0 Å². The molecule has 0 amide bonds. The van der Waals surface area contributed by atoms with Crippen molar-refractivity contribution in [3.05, 3.63) is 55.8 Å². The zero-order valence-electron chi connectivity index (χ0n) is 12.3. The van der Waals surface area contributed by atoms with Gasteiger partial charge in [0.05, 0.1) is 4.92 Å². The molecule has 112 valence electrons. The average Bonchev–Trinajstić information content (AvgIpc) is 2.71. The van der Waals surface area contributed by atoms with Gasteiger partial charge in [-0.15, -0.1) is 0 Å². The number of non-ortho nitro benzene ring substituents is 1. The highest BCUT2D eigenvalue weighted by molar-refractivity contribution is 9.10. The number of benzene rings is 1. The summed E-state index contributed by atoms with van der Waals surface area (Å²) in [5.74, 6) is 0. The topological polar surface area (TPSA) is 60.1 Å². The van der Waals surface area contributed by atoms with Crippen molar-refractivity contribution in [1.29, 1.82) is 0 Å². The number of aryl methyl sites for hydroxylation is 1. The molecule has 2 rings (SSSR count). The summed E-state index contributed by atoms with van der Waals surface area (Å²) in [5.41, 5.74) is 4.66. The molecule has 0 fully saturated rings. The third-order valence-corrected chi connectivity index (χ3v) is 4.28. The quantitative estimate of drug-likeness (QED) is 0.641. The van der Waals surface area contributed by atoms with Crippen LogP contribution >= 0.6 is 15.9 Å². The minimum absolute atomic E-state index is 0.0802. The summed E-state index contributed by atoms with van der Waals surface area (Å²) in [7, 11) is 0. The summed E-state index contributed by atoms with van der Waals surface area (Å²) in [4.78, 5) is 10.3. The number of nitrogens with one attached hydrogen (secondary N) is 1. The third kappa shape index (κ3) is 3.26. The summed E-state index contributed by atoms with van der Waals surface area (Å²) in [6, 6.07) is 6.91. The Morgan fingerprint density at radius 2 is 2.05 bits per heavy atom. The van der Waals surface area contributed by atoms with Crippen LogP contribution in [0.2, 0.25) is 0 Å². The van der Waals surface area contributed by atoms with Crippen LogP contribution in [-0.4, -0.2) is 9.49 Å². The van der Waals surface area contributed by atoms with E-state index in [1.807, 2.05) is 0 Å². The van der Waals surface area contributed by atoms with Crippen molar-refractivity contribution in [2.24, 2.45) is 0 Å². The Hall–Kier alpha value is -1.82. The maximum atomic E-state index is 10.7. The smallest absolute Gasteiger partial charge is 0.270 e. The minimum atomic E-state index is -0.399. The number of rotatable bonds is 5. The lowest BCUT2D eigenvalue weighted by Crippen LogP contribution is -2.03. The lowest BCUT2D eigenvalue weighted by molar-refractivity contribution is -0.384. The molecule has 0 bridgehead atoms. The van der Waals surface area contributed by atoms with Crippen molar-refractivity contribution in [2.75, 3.05) is 5.32 Å². The maximum Gasteiger partial charge on any atom is 0.270 e. The lowest BCUT2D eigenvalue weighted by atomic mass is 10.2. The number of nitrogens with zero attached hydrogens (tertiary/aromatic N) is 2. The van der Waals surface area contributed by atoms with Gasteiger partial charge >= 0.3 is 0 Å². The van der Waals surface area contributed by atoms with Crippen LogP contribution in [0.4, 0.5) is 11.4 Å². The Morgan fingerprint density at radius 3 is 2.57 bits per heavy atom. The summed E-state index contributed by atoms with van der Waals surface area (Å²) in [6.45, 7) is 7.99. The molecule has 0 radical (unpaired) electrons. The Balaban J connectivity index is 2.15. The first kappa shape index (κ1) is 15.6. The van der Waals surface area contributed by atoms with Crippen molar-refractivity contribution in [2.45, 2.75) is 33.9 Å². The number of hydrogen-bond donors (Lipinski definition) is 1. The van der Waals surface area contributed by atoms with Gasteiger partial charge in [0.2, 0.25) is 0 Å². The van der Waals surface area contributed by atoms with Gasteiger partial charge in [-0.1, -0.05) is 0 Å². The molecule has 0 aliphatic heterocycles. The summed E-state index contributed by atoms with van der Waals surface area (Å²) in [5, 5.41) is 14.0. The largest absolute Gasteiger partial charge is 0.380 e. The maximum absolute atomic E-state index is 10.7. The first-order valence-electron chi connectivity index (χ1n) is 6.77. The zero-order chi connectivity index (χ0) is 15.6. The highest BCUT2D eigenvalue weighted by atomic mass is 79.9. The number of anilines is 1. The molecule has 0 unspecified atom stereocenters. The number of aromatic nitrogens is 1. The lowest BCUT2D eigenvalue weighted by Gasteiger charge is -2.09. The predicted molar refractivity (Wildman–Crippen MR) is 87.7 cm³/mol. The second-order valence-corrected chi connectivity index (χ2v) is 5.77. The summed E-state index contributed by atoms with van der Waals surface area (Å²) >= 11 is 3.37. The predicted octanol–water partition coefficient (Wildman–Crippen LogP) is 4.41. The molecule has 21 heavy (non-hydrogen) atoms. The van der Waals surface area contributed by atoms with E-state index in [4.69, 9.17) is 0 Å². The van der Waals surface area contributed by atoms with E-state index in [0.717, 1.165) is 12.2 Å². The molecule has 2 aromatic rings. The van der Waals surface area contributed by atoms with Crippen molar-refractivity contribution in [1.82, 2.24) is 4.57 Å². The molecular formula is C15H18BrN3O2. The molecule has 6 heteroatoms. The van der Waals surface area contributed by atoms with Crippen LogP contribution in [0.15, 0.2) is 28.7 Å². The van der Waals surface area contributed by atoms with Crippen LogP contribution in [0, 0.1) is 24.0 Å². The van der Waals surface area contributed by atoms with Crippen molar-refractivity contribution in [3.63, 3.8) is 0 Å². The SMILES string of the molecule is CCn1c(C)cc(CNc2ccc([N+](=O)[O-])cc2Br)c1C. The van der Waals surface area contributed by atoms with Gasteiger partial charge in [0.15, 0.2) is 0 Å². The van der Waals surface area contributed by atoms with Gasteiger partial charge in [0.25, 0.3) is 5.69 Å². The highest BCUT2D eigenvalue weighted by Gasteiger charge is 2.11. The van der Waals surface area contributed by atoms with E-state index in [-0.39, 0.29) is 5.69 Å². The van der Waals surface area contributed by atoms with Gasteiger partial charge in [-0.3, -0.25) is 10.1 Å². The first-order valence-corrected chi connectivity index (χ1v) is 7.56. The van der Waals surface area contributed by atoms with E-state index in [9.17, 15) is 10.1 Å². The Morgan fingerprint density at radius 1 is 1.33 bits per heavy atom. The van der Waals surface area contributed by atoms with Gasteiger partial charge in [-0.25, -0.2) is 0 Å². The molecule has 1 heterocycles. The molecule has 5 nitrogen and oxygen atoms in total. The molecule has 1 aromatic carbocycles. The van der Waals surface area contributed by atoms with Crippen LogP contribution in [-0.2, 0) is 13.1 Å². The monoisotopic (exact) mass is 351 g/mol. The Kier molecular flexibility index (Phi) is 4.67. The van der Waals surface area contributed by atoms with Crippen LogP contribution in [0.1, 0.15) is 23.9 Å². The first-order chi connectivity index (χ1) is 9.93. The van der Waals surface area contributed by atoms with Gasteiger partial charge < -0.3 is 9.88 Å². The third-order valence-electron chi connectivity index (χ3n) is 3.63. The van der Waals surface area contributed by atoms with Crippen LogP contribution in [0.3, 0.4) is 0 Å². The van der Waals surface area contributed by atoms with E-state index >= 15 is 0 Å². The summed E-state index contributed by atoms with van der Waals surface area (Å²) < 4.78 is 2.96. The zero-order valence-corrected chi connectivity index (χ0v) is 13.9. The number of hydrogen-bond acceptors (Lipinski definition) is 3. The van der Waals surface area contributed by atoms with Crippen molar-refractivity contribution in [3.8, 4) is 0 Å². The van der Waals surface area contributed by atoms with Gasteiger partial charge in [-0.2, -0.15) is 0 Å². The molecule has 0 aliphatic rings. The van der Waals surface area contributed by atoms with Crippen molar-refractivity contribution < 1.29 is 4.92 Å². The van der Waals surface area contributed by atoms with E-state index in [1.165, 1.54) is 29.1 Å². The van der Waals surface area contributed by atoms with Crippen molar-refractivity contribution >= 4 is 27.3 Å². The molecule has 0 atom stereocenters. The Bertz CT molecular complexity index is 680. The van der Waals surface area contributed by atoms with Gasteiger partial charge in [0.1, 0.15) is 0 Å². The highest BCUT2D eigenvalue weighted by Crippen LogP contribution is 2.28. The average molecular weight is 352 g/mol. The molecule has 0 saturated heterocycles. The van der Waals surface area contributed by atoms with E-state index in [2.05, 4.69) is 52.7 Å². The fourth-order valence-corrected chi connectivity index (χ4v) is 3.00. The van der Waals surface area contributed by atoms with Gasteiger partial charge in [-0.05, 0) is 54.4 Å². The van der Waals surface area contributed by atoms with E-state index in [1.54, 1.807) is 6.07 Å². The van der Waals surface area contributed by atoms with E-state index < -0.39 is 4.92 Å². The second-order valence-electron chi connectivity index (χ2n) is 4.92. The number of halogens is 1. The molecule has 0 aliphatic carbocycles. The minimum Gasteiger partial charge on any atom is -0.380 e. The number of nitro benzene ring substituents is 1. The number of nitro groups is 1. The second kappa shape index (κ2) is 6.30. The molecule has 1 N–H and O–H groups in total.